The summed E-state index contributed by atoms with van der Waals surface area (Å²) in [6.07, 6.45) is 0. The van der Waals surface area contributed by atoms with Crippen molar-refractivity contribution in [1.82, 2.24) is 4.98 Å². The van der Waals surface area contributed by atoms with Gasteiger partial charge in [-0.2, -0.15) is 0 Å². The van der Waals surface area contributed by atoms with Gasteiger partial charge in [0.25, 0.3) is 5.69 Å². The van der Waals surface area contributed by atoms with E-state index in [0.29, 0.717) is 16.1 Å². The van der Waals surface area contributed by atoms with Crippen molar-refractivity contribution in [3.8, 4) is 0 Å². The Hall–Kier alpha value is -1.68. The zero-order valence-electron chi connectivity index (χ0n) is 7.90. The van der Waals surface area contributed by atoms with Crippen LogP contribution in [0.15, 0.2) is 24.3 Å². The zero-order valence-corrected chi connectivity index (χ0v) is 8.65. The molecule has 0 fully saturated rings. The molecule has 0 N–H and O–H groups in total. The summed E-state index contributed by atoms with van der Waals surface area (Å²) in [6, 6.07) is 6.40. The fraction of sp³-hybridized carbons (Fsp3) is 0.100. The molecule has 0 bridgehead atoms. The number of aromatic nitrogens is 1. The summed E-state index contributed by atoms with van der Waals surface area (Å²) < 4.78 is 0. The number of rotatable bonds is 1. The summed E-state index contributed by atoms with van der Waals surface area (Å²) in [7, 11) is 0. The molecule has 2 aromatic rings. The van der Waals surface area contributed by atoms with Crippen molar-refractivity contribution in [2.24, 2.45) is 0 Å². The van der Waals surface area contributed by atoms with Gasteiger partial charge in [0.05, 0.1) is 15.8 Å². The Morgan fingerprint density at radius 2 is 2.20 bits per heavy atom. The summed E-state index contributed by atoms with van der Waals surface area (Å²) >= 11 is 5.77. The molecule has 0 saturated carbocycles. The molecule has 2 rings (SSSR count). The van der Waals surface area contributed by atoms with Gasteiger partial charge in [-0.3, -0.25) is 10.1 Å². The Labute approximate surface area is 90.7 Å². The maximum absolute atomic E-state index is 10.8. The monoisotopic (exact) mass is 222 g/mol. The maximum Gasteiger partial charge on any atom is 0.279 e. The fourth-order valence-corrected chi connectivity index (χ4v) is 1.83. The van der Waals surface area contributed by atoms with E-state index in [1.54, 1.807) is 25.1 Å². The lowest BCUT2D eigenvalue weighted by atomic mass is 10.1. The Bertz CT molecular complexity index is 554. The molecule has 0 aliphatic heterocycles. The van der Waals surface area contributed by atoms with Crippen LogP contribution in [0.2, 0.25) is 5.15 Å². The van der Waals surface area contributed by atoms with Gasteiger partial charge in [0.15, 0.2) is 0 Å². The number of non-ortho nitro benzene ring substituents is 1. The molecule has 0 spiro atoms. The number of nitro groups is 1. The van der Waals surface area contributed by atoms with E-state index >= 15 is 0 Å². The molecule has 0 atom stereocenters. The van der Waals surface area contributed by atoms with Crippen molar-refractivity contribution in [2.45, 2.75) is 6.92 Å². The first-order valence-electron chi connectivity index (χ1n) is 4.30. The highest BCUT2D eigenvalue weighted by atomic mass is 35.5. The lowest BCUT2D eigenvalue weighted by Crippen LogP contribution is -1.92. The average Bonchev–Trinajstić information content (AvgIpc) is 2.16. The third-order valence-electron chi connectivity index (χ3n) is 2.17. The molecule has 0 aliphatic rings. The summed E-state index contributed by atoms with van der Waals surface area (Å²) in [5.74, 6) is 0. The molecule has 0 aliphatic carbocycles. The first-order chi connectivity index (χ1) is 7.09. The summed E-state index contributed by atoms with van der Waals surface area (Å²) in [6.45, 7) is 1.78. The molecule has 0 unspecified atom stereocenters. The smallest absolute Gasteiger partial charge is 0.258 e. The quantitative estimate of drug-likeness (QED) is 0.423. The van der Waals surface area contributed by atoms with Crippen LogP contribution in [-0.4, -0.2) is 9.91 Å². The third kappa shape index (κ3) is 1.64. The minimum absolute atomic E-state index is 0.0640. The van der Waals surface area contributed by atoms with E-state index in [-0.39, 0.29) is 5.69 Å². The number of halogens is 1. The van der Waals surface area contributed by atoms with Crippen molar-refractivity contribution in [3.05, 3.63) is 45.1 Å². The Morgan fingerprint density at radius 1 is 1.47 bits per heavy atom. The summed E-state index contributed by atoms with van der Waals surface area (Å²) in [5.41, 5.74) is 1.38. The van der Waals surface area contributed by atoms with E-state index in [2.05, 4.69) is 4.98 Å². The van der Waals surface area contributed by atoms with Crippen LogP contribution < -0.4 is 0 Å². The van der Waals surface area contributed by atoms with Gasteiger partial charge in [-0.05, 0) is 24.6 Å². The molecule has 0 amide bonds. The van der Waals surface area contributed by atoms with E-state index in [0.717, 1.165) is 5.56 Å². The normalized spacial score (nSPS) is 10.5. The molecule has 5 heteroatoms. The second kappa shape index (κ2) is 3.47. The van der Waals surface area contributed by atoms with Gasteiger partial charge in [-0.25, -0.2) is 4.98 Å². The maximum atomic E-state index is 10.8. The number of aryl methyl sites for hydroxylation is 1. The van der Waals surface area contributed by atoms with Crippen LogP contribution >= 0.6 is 11.6 Å². The van der Waals surface area contributed by atoms with Gasteiger partial charge in [0, 0.05) is 6.07 Å². The minimum Gasteiger partial charge on any atom is -0.258 e. The Kier molecular flexibility index (Phi) is 2.28. The van der Waals surface area contributed by atoms with Crippen molar-refractivity contribution in [1.29, 1.82) is 0 Å². The van der Waals surface area contributed by atoms with E-state index in [9.17, 15) is 10.1 Å². The fourth-order valence-electron chi connectivity index (χ4n) is 1.58. The van der Waals surface area contributed by atoms with Gasteiger partial charge in [0.1, 0.15) is 5.15 Å². The lowest BCUT2D eigenvalue weighted by molar-refractivity contribution is -0.383. The van der Waals surface area contributed by atoms with Crippen LogP contribution in [0.25, 0.3) is 10.9 Å². The second-order valence-electron chi connectivity index (χ2n) is 3.19. The summed E-state index contributed by atoms with van der Waals surface area (Å²) in [5, 5.41) is 11.7. The van der Waals surface area contributed by atoms with Gasteiger partial charge in [-0.15, -0.1) is 0 Å². The highest BCUT2D eigenvalue weighted by molar-refractivity contribution is 6.30. The highest BCUT2D eigenvalue weighted by Gasteiger charge is 2.14. The number of fused-ring (bicyclic) bond motifs is 1. The Balaban J connectivity index is 2.91. The average molecular weight is 223 g/mol. The number of nitro benzene ring substituents is 1. The van der Waals surface area contributed by atoms with Gasteiger partial charge in [-0.1, -0.05) is 17.7 Å². The first kappa shape index (κ1) is 9.86. The van der Waals surface area contributed by atoms with E-state index in [1.807, 2.05) is 0 Å². The molecule has 0 saturated heterocycles. The molecular formula is C10H7ClN2O2. The highest BCUT2D eigenvalue weighted by Crippen LogP contribution is 2.28. The first-order valence-corrected chi connectivity index (χ1v) is 4.67. The van der Waals surface area contributed by atoms with E-state index in [1.165, 1.54) is 6.07 Å². The third-order valence-corrected chi connectivity index (χ3v) is 2.37. The summed E-state index contributed by atoms with van der Waals surface area (Å²) in [4.78, 5) is 14.4. The van der Waals surface area contributed by atoms with Crippen LogP contribution in [0.5, 0.6) is 0 Å². The molecule has 0 radical (unpaired) electrons. The standard InChI is InChI=1S/C10H7ClN2O2/c1-6-5-9(11)12-7-3-2-4-8(10(6)7)13(14)15/h2-5H,1H3. The second-order valence-corrected chi connectivity index (χ2v) is 3.58. The van der Waals surface area contributed by atoms with Gasteiger partial charge >= 0.3 is 0 Å². The van der Waals surface area contributed by atoms with Crippen molar-refractivity contribution in [3.63, 3.8) is 0 Å². The van der Waals surface area contributed by atoms with Crippen molar-refractivity contribution < 1.29 is 4.92 Å². The van der Waals surface area contributed by atoms with Crippen LogP contribution in [-0.2, 0) is 0 Å². The minimum atomic E-state index is -0.412. The zero-order chi connectivity index (χ0) is 11.0. The molecule has 15 heavy (non-hydrogen) atoms. The van der Waals surface area contributed by atoms with E-state index in [4.69, 9.17) is 11.6 Å². The number of benzene rings is 1. The topological polar surface area (TPSA) is 56.0 Å². The number of pyridine rings is 1. The van der Waals surface area contributed by atoms with E-state index < -0.39 is 4.92 Å². The van der Waals surface area contributed by atoms with Crippen LogP contribution in [0.4, 0.5) is 5.69 Å². The molecular weight excluding hydrogens is 216 g/mol. The van der Waals surface area contributed by atoms with Crippen LogP contribution in [0.1, 0.15) is 5.56 Å². The lowest BCUT2D eigenvalue weighted by Gasteiger charge is -2.02. The molecule has 76 valence electrons. The SMILES string of the molecule is Cc1cc(Cl)nc2cccc([N+](=O)[O-])c12. The predicted octanol–water partition coefficient (Wildman–Crippen LogP) is 3.10. The van der Waals surface area contributed by atoms with Crippen LogP contribution in [0, 0.1) is 17.0 Å². The van der Waals surface area contributed by atoms with Crippen LogP contribution in [0.3, 0.4) is 0 Å². The molecule has 1 heterocycles. The molecule has 1 aromatic carbocycles. The molecule has 4 nitrogen and oxygen atoms in total. The largest absolute Gasteiger partial charge is 0.279 e. The van der Waals surface area contributed by atoms with Crippen molar-refractivity contribution in [2.75, 3.05) is 0 Å². The number of hydrogen-bond donors (Lipinski definition) is 0. The predicted molar refractivity (Wildman–Crippen MR) is 58.1 cm³/mol. The van der Waals surface area contributed by atoms with Crippen molar-refractivity contribution >= 4 is 28.2 Å². The van der Waals surface area contributed by atoms with Gasteiger partial charge < -0.3 is 0 Å². The Morgan fingerprint density at radius 3 is 2.87 bits per heavy atom. The number of nitrogens with zero attached hydrogens (tertiary/aromatic N) is 2. The number of hydrogen-bond acceptors (Lipinski definition) is 3. The molecule has 1 aromatic heterocycles. The van der Waals surface area contributed by atoms with Gasteiger partial charge in [0.2, 0.25) is 0 Å².